The van der Waals surface area contributed by atoms with Crippen LogP contribution in [0.15, 0.2) is 85.1 Å². The first-order chi connectivity index (χ1) is 36.2. The first kappa shape index (κ1) is 70.6. The van der Waals surface area contributed by atoms with E-state index in [1.54, 1.807) is 6.08 Å². The van der Waals surface area contributed by atoms with Crippen molar-refractivity contribution in [1.82, 2.24) is 5.32 Å². The molecule has 0 bridgehead atoms. The van der Waals surface area contributed by atoms with Crippen LogP contribution in [0.4, 0.5) is 0 Å². The Bertz CT molecular complexity index is 1290. The summed E-state index contributed by atoms with van der Waals surface area (Å²) < 4.78 is 0. The molecular weight excluding hydrogens is 891 g/mol. The maximum atomic E-state index is 12.5. The number of aliphatic hydroxyl groups is 2. The molecule has 0 aliphatic heterocycles. The van der Waals surface area contributed by atoms with Crippen LogP contribution < -0.4 is 5.32 Å². The van der Waals surface area contributed by atoms with Crippen molar-refractivity contribution in [2.24, 2.45) is 0 Å². The van der Waals surface area contributed by atoms with E-state index in [4.69, 9.17) is 0 Å². The lowest BCUT2D eigenvalue weighted by Gasteiger charge is -2.19. The highest BCUT2D eigenvalue weighted by atomic mass is 16.3. The monoisotopic (exact) mass is 1020 g/mol. The van der Waals surface area contributed by atoms with E-state index in [0.29, 0.717) is 6.42 Å². The summed E-state index contributed by atoms with van der Waals surface area (Å²) in [5, 5.41) is 23.2. The van der Waals surface area contributed by atoms with Crippen LogP contribution in [-0.2, 0) is 4.79 Å². The van der Waals surface area contributed by atoms with Gasteiger partial charge in [0.15, 0.2) is 0 Å². The van der Waals surface area contributed by atoms with Crippen molar-refractivity contribution in [2.45, 2.75) is 341 Å². The predicted molar refractivity (Wildman–Crippen MR) is 327 cm³/mol. The molecule has 0 aromatic heterocycles. The van der Waals surface area contributed by atoms with Gasteiger partial charge in [-0.25, -0.2) is 0 Å². The molecule has 0 fully saturated rings. The smallest absolute Gasteiger partial charge is 0.220 e. The Balaban J connectivity index is 3.46. The molecule has 0 aromatic carbocycles. The van der Waals surface area contributed by atoms with Crippen LogP contribution in [0.25, 0.3) is 0 Å². The van der Waals surface area contributed by atoms with Gasteiger partial charge in [-0.1, -0.05) is 330 Å². The molecule has 0 rings (SSSR count). The predicted octanol–water partition coefficient (Wildman–Crippen LogP) is 21.9. The number of rotatable bonds is 59. The van der Waals surface area contributed by atoms with Crippen LogP contribution in [0, 0.1) is 0 Å². The fourth-order valence-electron chi connectivity index (χ4n) is 9.75. The van der Waals surface area contributed by atoms with Crippen molar-refractivity contribution in [2.75, 3.05) is 6.61 Å². The minimum Gasteiger partial charge on any atom is -0.394 e. The van der Waals surface area contributed by atoms with Gasteiger partial charge in [-0.05, 0) is 77.0 Å². The normalized spacial score (nSPS) is 13.3. The number of aliphatic hydroxyl groups excluding tert-OH is 2. The molecule has 0 heterocycles. The second-order valence-corrected chi connectivity index (χ2v) is 21.8. The van der Waals surface area contributed by atoms with Gasteiger partial charge in [0, 0.05) is 6.42 Å². The van der Waals surface area contributed by atoms with Crippen molar-refractivity contribution < 1.29 is 15.0 Å². The van der Waals surface area contributed by atoms with Crippen molar-refractivity contribution in [3.8, 4) is 0 Å². The molecule has 0 aliphatic carbocycles. The number of allylic oxidation sites excluding steroid dienone is 13. The fourth-order valence-corrected chi connectivity index (χ4v) is 9.75. The van der Waals surface area contributed by atoms with Crippen molar-refractivity contribution in [3.63, 3.8) is 0 Å². The number of unbranched alkanes of at least 4 members (excludes halogenated alkanes) is 40. The lowest BCUT2D eigenvalue weighted by atomic mass is 10.0. The minimum atomic E-state index is -0.864. The largest absolute Gasteiger partial charge is 0.394 e. The van der Waals surface area contributed by atoms with Gasteiger partial charge in [-0.15, -0.1) is 0 Å². The highest BCUT2D eigenvalue weighted by molar-refractivity contribution is 5.76. The topological polar surface area (TPSA) is 69.6 Å². The number of amides is 1. The van der Waals surface area contributed by atoms with Crippen LogP contribution in [0.1, 0.15) is 328 Å². The third-order valence-corrected chi connectivity index (χ3v) is 14.6. The molecule has 424 valence electrons. The van der Waals surface area contributed by atoms with E-state index in [1.165, 1.54) is 244 Å². The van der Waals surface area contributed by atoms with E-state index in [9.17, 15) is 15.0 Å². The summed E-state index contributed by atoms with van der Waals surface area (Å²) in [6, 6.07) is -0.641. The van der Waals surface area contributed by atoms with Gasteiger partial charge in [-0.3, -0.25) is 4.79 Å². The van der Waals surface area contributed by atoms with E-state index >= 15 is 0 Å². The summed E-state index contributed by atoms with van der Waals surface area (Å²) in [4.78, 5) is 12.5. The Hall–Kier alpha value is -2.43. The molecule has 0 spiro atoms. The van der Waals surface area contributed by atoms with Crippen molar-refractivity contribution in [3.05, 3.63) is 85.1 Å². The Morgan fingerprint density at radius 3 is 0.959 bits per heavy atom. The summed E-state index contributed by atoms with van der Waals surface area (Å²) in [6.07, 6.45) is 93.6. The number of hydrogen-bond donors (Lipinski definition) is 3. The molecule has 1 amide bonds. The molecule has 0 saturated carbocycles. The summed E-state index contributed by atoms with van der Waals surface area (Å²) >= 11 is 0. The molecule has 3 N–H and O–H groups in total. The molecule has 0 aliphatic rings. The van der Waals surface area contributed by atoms with Gasteiger partial charge in [0.05, 0.1) is 18.8 Å². The van der Waals surface area contributed by atoms with E-state index in [1.807, 2.05) is 6.08 Å². The fraction of sp³-hybridized carbons (Fsp3) is 0.783. The molecule has 4 nitrogen and oxygen atoms in total. The Morgan fingerprint density at radius 1 is 0.342 bits per heavy atom. The summed E-state index contributed by atoms with van der Waals surface area (Å²) in [5.74, 6) is -0.0694. The molecule has 2 unspecified atom stereocenters. The zero-order chi connectivity index (χ0) is 52.7. The summed E-state index contributed by atoms with van der Waals surface area (Å²) in [6.45, 7) is 4.21. The molecule has 0 aromatic rings. The van der Waals surface area contributed by atoms with Gasteiger partial charge >= 0.3 is 0 Å². The van der Waals surface area contributed by atoms with Crippen LogP contribution in [0.3, 0.4) is 0 Å². The van der Waals surface area contributed by atoms with Gasteiger partial charge in [0.25, 0.3) is 0 Å². The Kier molecular flexibility index (Phi) is 61.7. The Labute approximate surface area is 456 Å². The summed E-state index contributed by atoms with van der Waals surface area (Å²) in [5.41, 5.74) is 0. The first-order valence-electron chi connectivity index (χ1n) is 32.3. The van der Waals surface area contributed by atoms with Gasteiger partial charge in [-0.2, -0.15) is 0 Å². The minimum absolute atomic E-state index is 0.0694. The van der Waals surface area contributed by atoms with Crippen molar-refractivity contribution in [1.29, 1.82) is 0 Å². The number of nitrogens with one attached hydrogen (secondary N) is 1. The molecule has 0 saturated heterocycles. The van der Waals surface area contributed by atoms with E-state index in [0.717, 1.165) is 64.2 Å². The van der Waals surface area contributed by atoms with E-state index in [-0.39, 0.29) is 12.5 Å². The van der Waals surface area contributed by atoms with Crippen molar-refractivity contribution >= 4 is 5.91 Å². The zero-order valence-electron chi connectivity index (χ0n) is 48.9. The molecular formula is C69H125NO3. The number of carbonyl (C=O) groups is 1. The van der Waals surface area contributed by atoms with Gasteiger partial charge < -0.3 is 15.5 Å². The first-order valence-corrected chi connectivity index (χ1v) is 32.3. The molecule has 0 radical (unpaired) electrons. The average Bonchev–Trinajstić information content (AvgIpc) is 3.40. The quantitative estimate of drug-likeness (QED) is 0.0420. The summed E-state index contributed by atoms with van der Waals surface area (Å²) in [7, 11) is 0. The zero-order valence-corrected chi connectivity index (χ0v) is 48.9. The second kappa shape index (κ2) is 63.9. The lowest BCUT2D eigenvalue weighted by Crippen LogP contribution is -2.45. The number of carbonyl (C=O) groups excluding carboxylic acids is 1. The Morgan fingerprint density at radius 2 is 0.616 bits per heavy atom. The average molecular weight is 1020 g/mol. The van der Waals surface area contributed by atoms with Gasteiger partial charge in [0.2, 0.25) is 5.91 Å². The molecule has 2 atom stereocenters. The highest BCUT2D eigenvalue weighted by Crippen LogP contribution is 2.18. The molecule has 73 heavy (non-hydrogen) atoms. The highest BCUT2D eigenvalue weighted by Gasteiger charge is 2.18. The second-order valence-electron chi connectivity index (χ2n) is 21.8. The van der Waals surface area contributed by atoms with Crippen LogP contribution in [0.2, 0.25) is 0 Å². The van der Waals surface area contributed by atoms with Crippen LogP contribution in [-0.4, -0.2) is 34.9 Å². The SMILES string of the molecule is CC/C=C\C/C=C\C/C=C\C/C=C\C/C=C\CCCCCCCCCCCCCCCCCCCCCCCCCC(=O)NC(CO)C(O)/C=C/CC/C=C/CCCCCCCCCCCCCCCCCC. The van der Waals surface area contributed by atoms with Gasteiger partial charge in [0.1, 0.15) is 0 Å². The third kappa shape index (κ3) is 60.3. The van der Waals surface area contributed by atoms with Crippen LogP contribution in [0.5, 0.6) is 0 Å². The van der Waals surface area contributed by atoms with Crippen LogP contribution >= 0.6 is 0 Å². The number of hydrogen-bond acceptors (Lipinski definition) is 3. The maximum Gasteiger partial charge on any atom is 0.220 e. The standard InChI is InChI=1S/C69H125NO3/c1-3-5-7-9-11-13-15-17-19-21-23-25-27-28-29-30-31-32-33-34-35-36-37-38-39-40-41-42-43-45-47-49-51-53-55-57-59-61-63-65-69(73)70-67(66-71)68(72)64-62-60-58-56-54-52-50-48-46-44-26-24-22-20-18-16-14-12-10-8-6-4-2/h5,7,11,13,17,19,23,25,28-29,54,56,62,64,67-68,71-72H,3-4,6,8-10,12,14-16,18,20-22,24,26-27,30-53,55,57-61,63,65-66H2,1-2H3,(H,70,73)/b7-5-,13-11-,19-17-,25-23-,29-28-,56-54+,64-62+. The van der Waals surface area contributed by atoms with E-state index < -0.39 is 12.1 Å². The molecule has 4 heteroatoms. The maximum absolute atomic E-state index is 12.5. The van der Waals surface area contributed by atoms with E-state index in [2.05, 4.69) is 92.1 Å². The third-order valence-electron chi connectivity index (χ3n) is 14.6. The lowest BCUT2D eigenvalue weighted by molar-refractivity contribution is -0.123.